The van der Waals surface area contributed by atoms with Crippen LogP contribution in [0.3, 0.4) is 0 Å². The number of carbonyl (C=O) groups is 2. The lowest BCUT2D eigenvalue weighted by Crippen LogP contribution is -2.46. The van der Waals surface area contributed by atoms with Gasteiger partial charge in [0.05, 0.1) is 0 Å². The van der Waals surface area contributed by atoms with E-state index in [4.69, 9.17) is 0 Å². The molecule has 0 saturated carbocycles. The van der Waals surface area contributed by atoms with Crippen molar-refractivity contribution in [2.45, 2.75) is 44.9 Å². The zero-order valence-corrected chi connectivity index (χ0v) is 16.6. The van der Waals surface area contributed by atoms with Crippen molar-refractivity contribution < 1.29 is 24.2 Å². The van der Waals surface area contributed by atoms with Gasteiger partial charge in [-0.1, -0.05) is 0 Å². The molecule has 1 saturated heterocycles. The molecule has 1 aliphatic heterocycles. The highest BCUT2D eigenvalue weighted by Gasteiger charge is 2.35. The number of nitrogens with zero attached hydrogens (tertiary/aromatic N) is 3. The van der Waals surface area contributed by atoms with Gasteiger partial charge in [0.25, 0.3) is 5.91 Å². The summed E-state index contributed by atoms with van der Waals surface area (Å²) in [4.78, 5) is 37.6. The lowest BCUT2D eigenvalue weighted by Gasteiger charge is -2.25. The lowest BCUT2D eigenvalue weighted by molar-refractivity contribution is -0.139. The highest BCUT2D eigenvalue weighted by Crippen LogP contribution is 2.26. The highest BCUT2D eigenvalue weighted by atomic mass is 19.4. The summed E-state index contributed by atoms with van der Waals surface area (Å²) in [6.45, 7) is 2.84. The molecule has 3 heterocycles. The fourth-order valence-corrected chi connectivity index (χ4v) is 3.26. The topological polar surface area (TPSA) is 103 Å². The van der Waals surface area contributed by atoms with Crippen LogP contribution in [-0.2, 0) is 4.79 Å². The number of hydrogen-bond donors (Lipinski definition) is 3. The molecule has 0 unspecified atom stereocenters. The van der Waals surface area contributed by atoms with Gasteiger partial charge in [-0.05, 0) is 38.8 Å². The van der Waals surface area contributed by atoms with E-state index >= 15 is 0 Å². The van der Waals surface area contributed by atoms with Crippen LogP contribution in [0.4, 0.5) is 19.0 Å². The zero-order valence-electron chi connectivity index (χ0n) is 16.6. The molecule has 1 atom stereocenters. The molecular weight excluding hydrogens is 401 g/mol. The number of aromatic nitrogens is 3. The van der Waals surface area contributed by atoms with E-state index in [0.717, 1.165) is 0 Å². The van der Waals surface area contributed by atoms with Gasteiger partial charge in [0.2, 0.25) is 5.91 Å². The molecular formula is C19H25F3N6O2. The number of H-pyrrole nitrogens is 1. The van der Waals surface area contributed by atoms with Crippen molar-refractivity contribution in [1.29, 1.82) is 0 Å². The SMILES string of the molecule is CC(C)NC(=O)c1cc(-c2nccc(N3CCC[C@@H]3C(=O)NCC(F)(F)F)n2)c[nH]1.[HH]. The van der Waals surface area contributed by atoms with E-state index in [0.29, 0.717) is 42.3 Å². The first-order valence-corrected chi connectivity index (χ1v) is 9.58. The van der Waals surface area contributed by atoms with Crippen molar-refractivity contribution in [3.8, 4) is 11.4 Å². The molecule has 3 N–H and O–H groups in total. The number of rotatable bonds is 6. The predicted octanol–water partition coefficient (Wildman–Crippen LogP) is 2.50. The Balaban J connectivity index is 0.00000341. The van der Waals surface area contributed by atoms with Crippen molar-refractivity contribution in [1.82, 2.24) is 25.6 Å². The fourth-order valence-electron chi connectivity index (χ4n) is 3.26. The Morgan fingerprint density at radius 1 is 1.40 bits per heavy atom. The van der Waals surface area contributed by atoms with Gasteiger partial charge < -0.3 is 20.5 Å². The van der Waals surface area contributed by atoms with Crippen LogP contribution in [0.2, 0.25) is 0 Å². The summed E-state index contributed by atoms with van der Waals surface area (Å²) in [6.07, 6.45) is -0.248. The number of halogens is 3. The number of amides is 2. The van der Waals surface area contributed by atoms with Crippen molar-refractivity contribution >= 4 is 17.6 Å². The largest absolute Gasteiger partial charge is 0.405 e. The van der Waals surface area contributed by atoms with Crippen LogP contribution in [0.15, 0.2) is 24.5 Å². The first-order chi connectivity index (χ1) is 14.1. The Morgan fingerprint density at radius 3 is 2.87 bits per heavy atom. The average molecular weight is 426 g/mol. The van der Waals surface area contributed by atoms with E-state index in [1.54, 1.807) is 23.2 Å². The van der Waals surface area contributed by atoms with Gasteiger partial charge in [0.1, 0.15) is 24.1 Å². The molecule has 0 aromatic carbocycles. The Kier molecular flexibility index (Phi) is 6.28. The van der Waals surface area contributed by atoms with E-state index in [9.17, 15) is 22.8 Å². The number of carbonyl (C=O) groups excluding carboxylic acids is 2. The molecule has 2 aromatic rings. The summed E-state index contributed by atoms with van der Waals surface area (Å²) >= 11 is 0. The van der Waals surface area contributed by atoms with Gasteiger partial charge in [0.15, 0.2) is 5.82 Å². The van der Waals surface area contributed by atoms with E-state index < -0.39 is 24.7 Å². The quantitative estimate of drug-likeness (QED) is 0.659. The van der Waals surface area contributed by atoms with Gasteiger partial charge in [-0.25, -0.2) is 9.97 Å². The Bertz CT molecular complexity index is 918. The molecule has 11 heteroatoms. The highest BCUT2D eigenvalue weighted by molar-refractivity contribution is 5.93. The molecule has 0 spiro atoms. The van der Waals surface area contributed by atoms with Gasteiger partial charge in [-0.15, -0.1) is 0 Å². The number of alkyl halides is 3. The predicted molar refractivity (Wildman–Crippen MR) is 106 cm³/mol. The first kappa shape index (κ1) is 21.6. The summed E-state index contributed by atoms with van der Waals surface area (Å²) in [7, 11) is 0. The zero-order chi connectivity index (χ0) is 21.9. The fraction of sp³-hybridized carbons (Fsp3) is 0.474. The minimum absolute atomic E-state index is 0. The molecule has 164 valence electrons. The minimum Gasteiger partial charge on any atom is -0.356 e. The monoisotopic (exact) mass is 426 g/mol. The van der Waals surface area contributed by atoms with Crippen LogP contribution in [0.1, 0.15) is 38.6 Å². The number of anilines is 1. The van der Waals surface area contributed by atoms with Crippen LogP contribution in [0.25, 0.3) is 11.4 Å². The van der Waals surface area contributed by atoms with E-state index in [2.05, 4.69) is 20.3 Å². The minimum atomic E-state index is -4.46. The van der Waals surface area contributed by atoms with Crippen molar-refractivity contribution in [3.05, 3.63) is 30.2 Å². The second-order valence-corrected chi connectivity index (χ2v) is 7.35. The second-order valence-electron chi connectivity index (χ2n) is 7.35. The maximum absolute atomic E-state index is 12.4. The summed E-state index contributed by atoms with van der Waals surface area (Å²) in [6, 6.07) is 2.49. The van der Waals surface area contributed by atoms with E-state index in [-0.39, 0.29) is 13.4 Å². The third kappa shape index (κ3) is 5.28. The van der Waals surface area contributed by atoms with Gasteiger partial charge >= 0.3 is 6.18 Å². The third-order valence-corrected chi connectivity index (χ3v) is 4.56. The Morgan fingerprint density at radius 2 is 2.17 bits per heavy atom. The summed E-state index contributed by atoms with van der Waals surface area (Å²) in [5.74, 6) is -0.152. The molecule has 2 aromatic heterocycles. The Hall–Kier alpha value is -3.11. The number of aromatic amines is 1. The summed E-state index contributed by atoms with van der Waals surface area (Å²) < 4.78 is 37.2. The van der Waals surface area contributed by atoms with Crippen LogP contribution in [0, 0.1) is 0 Å². The molecule has 1 fully saturated rings. The number of hydrogen-bond acceptors (Lipinski definition) is 5. The first-order valence-electron chi connectivity index (χ1n) is 9.58. The smallest absolute Gasteiger partial charge is 0.356 e. The molecule has 2 amide bonds. The van der Waals surface area contributed by atoms with Crippen molar-refractivity contribution in [2.75, 3.05) is 18.0 Å². The second kappa shape index (κ2) is 8.72. The molecule has 3 rings (SSSR count). The van der Waals surface area contributed by atoms with Gasteiger partial charge in [-0.2, -0.15) is 13.2 Å². The molecule has 0 bridgehead atoms. The molecule has 8 nitrogen and oxygen atoms in total. The van der Waals surface area contributed by atoms with Gasteiger partial charge in [-0.3, -0.25) is 9.59 Å². The normalized spacial score (nSPS) is 16.7. The lowest BCUT2D eigenvalue weighted by atomic mass is 10.2. The van der Waals surface area contributed by atoms with Crippen LogP contribution in [-0.4, -0.2) is 58.1 Å². The number of nitrogens with one attached hydrogen (secondary N) is 3. The molecule has 30 heavy (non-hydrogen) atoms. The average Bonchev–Trinajstić information content (AvgIpc) is 3.35. The Labute approximate surface area is 172 Å². The van der Waals surface area contributed by atoms with E-state index in [1.807, 2.05) is 19.2 Å². The van der Waals surface area contributed by atoms with Crippen LogP contribution < -0.4 is 15.5 Å². The third-order valence-electron chi connectivity index (χ3n) is 4.56. The van der Waals surface area contributed by atoms with Crippen LogP contribution in [0.5, 0.6) is 0 Å². The molecule has 0 aliphatic carbocycles. The van der Waals surface area contributed by atoms with Crippen LogP contribution >= 0.6 is 0 Å². The molecule has 1 aliphatic rings. The van der Waals surface area contributed by atoms with Gasteiger partial charge in [0, 0.05) is 32.0 Å². The summed E-state index contributed by atoms with van der Waals surface area (Å²) in [5.41, 5.74) is 0.946. The maximum Gasteiger partial charge on any atom is 0.405 e. The van der Waals surface area contributed by atoms with Crippen molar-refractivity contribution in [3.63, 3.8) is 0 Å². The standard InChI is InChI=1S/C19H23F3N6O2.H2/c1-11(2)26-17(29)13-8-12(9-24-13)16-23-6-5-15(27-16)28-7-3-4-14(28)18(30)25-10-19(20,21)22;/h5-6,8-9,11,14,24H,3-4,7,10H2,1-2H3,(H,25,30)(H,26,29);1H/t14-;/m1./s1. The summed E-state index contributed by atoms with van der Waals surface area (Å²) in [5, 5.41) is 4.72. The maximum atomic E-state index is 12.4. The molecule has 0 radical (unpaired) electrons. The van der Waals surface area contributed by atoms with E-state index in [1.165, 1.54) is 6.20 Å². The van der Waals surface area contributed by atoms with Crippen molar-refractivity contribution in [2.24, 2.45) is 0 Å².